The van der Waals surface area contributed by atoms with Crippen molar-refractivity contribution in [2.24, 2.45) is 0 Å². The Balaban J connectivity index is 2.27. The van der Waals surface area contributed by atoms with Gasteiger partial charge in [-0.25, -0.2) is 0 Å². The lowest BCUT2D eigenvalue weighted by molar-refractivity contribution is -0.325. The molecule has 0 saturated carbocycles. The van der Waals surface area contributed by atoms with Crippen molar-refractivity contribution < 1.29 is 27.8 Å². The number of rotatable bonds is 5. The first-order valence-corrected chi connectivity index (χ1v) is 4.54. The van der Waals surface area contributed by atoms with E-state index < -0.39 is 13.0 Å². The topological polar surface area (TPSA) is 38.7 Å². The molecule has 0 aliphatic rings. The zero-order valence-corrected chi connectivity index (χ0v) is 8.33. The highest BCUT2D eigenvalue weighted by Crippen LogP contribution is 2.16. The van der Waals surface area contributed by atoms with Gasteiger partial charge >= 0.3 is 6.36 Å². The number of halogens is 3. The Labute approximate surface area is 90.4 Å². The summed E-state index contributed by atoms with van der Waals surface area (Å²) in [7, 11) is 0. The van der Waals surface area contributed by atoms with Crippen molar-refractivity contribution >= 4 is 0 Å². The first kappa shape index (κ1) is 12.8. The first-order valence-electron chi connectivity index (χ1n) is 4.54. The van der Waals surface area contributed by atoms with E-state index in [-0.39, 0.29) is 13.2 Å². The van der Waals surface area contributed by atoms with Gasteiger partial charge in [-0.15, -0.1) is 13.2 Å². The smallest absolute Gasteiger partial charge is 0.491 e. The Morgan fingerprint density at radius 2 is 1.69 bits per heavy atom. The molecule has 0 atom stereocenters. The summed E-state index contributed by atoms with van der Waals surface area (Å²) in [4.78, 5) is 0. The number of hydrogen-bond acceptors (Lipinski definition) is 3. The summed E-state index contributed by atoms with van der Waals surface area (Å²) in [5.74, 6) is 0.433. The van der Waals surface area contributed by atoms with Gasteiger partial charge in [-0.05, 0) is 17.7 Å². The van der Waals surface area contributed by atoms with Crippen LogP contribution in [0.25, 0.3) is 0 Å². The molecule has 0 amide bonds. The molecular weight excluding hydrogens is 225 g/mol. The van der Waals surface area contributed by atoms with Crippen LogP contribution in [0.4, 0.5) is 13.2 Å². The monoisotopic (exact) mass is 236 g/mol. The molecule has 0 aliphatic heterocycles. The predicted molar refractivity (Wildman–Crippen MR) is 49.9 cm³/mol. The van der Waals surface area contributed by atoms with E-state index in [1.807, 2.05) is 0 Å². The maximum absolute atomic E-state index is 11.6. The number of aliphatic hydroxyl groups is 1. The molecule has 1 aromatic carbocycles. The van der Waals surface area contributed by atoms with Crippen LogP contribution in [-0.2, 0) is 11.3 Å². The Kier molecular flexibility index (Phi) is 4.57. The van der Waals surface area contributed by atoms with Crippen molar-refractivity contribution in [3.8, 4) is 5.75 Å². The van der Waals surface area contributed by atoms with Crippen molar-refractivity contribution in [2.75, 3.05) is 13.2 Å². The van der Waals surface area contributed by atoms with Gasteiger partial charge < -0.3 is 9.84 Å². The third kappa shape index (κ3) is 4.99. The standard InChI is InChI=1S/C10H11F3O3/c11-10(12,13)16-6-5-15-9-3-1-8(7-14)2-4-9/h1-4,14H,5-7H2. The minimum atomic E-state index is -4.62. The van der Waals surface area contributed by atoms with Crippen LogP contribution in [0.5, 0.6) is 5.75 Å². The van der Waals surface area contributed by atoms with Crippen molar-refractivity contribution in [3.05, 3.63) is 29.8 Å². The minimum absolute atomic E-state index is 0.0858. The van der Waals surface area contributed by atoms with Crippen LogP contribution in [0.15, 0.2) is 24.3 Å². The van der Waals surface area contributed by atoms with Crippen LogP contribution in [0.2, 0.25) is 0 Å². The van der Waals surface area contributed by atoms with Crippen LogP contribution in [-0.4, -0.2) is 24.7 Å². The first-order chi connectivity index (χ1) is 7.51. The molecule has 0 heterocycles. The largest absolute Gasteiger partial charge is 0.522 e. The van der Waals surface area contributed by atoms with Gasteiger partial charge in [0.2, 0.25) is 0 Å². The van der Waals surface area contributed by atoms with Crippen LogP contribution in [0.3, 0.4) is 0 Å². The normalized spacial score (nSPS) is 11.5. The van der Waals surface area contributed by atoms with Gasteiger partial charge in [-0.2, -0.15) is 0 Å². The average molecular weight is 236 g/mol. The number of alkyl halides is 3. The highest BCUT2D eigenvalue weighted by atomic mass is 19.4. The molecule has 0 spiro atoms. The Bertz CT molecular complexity index is 308. The second-order valence-electron chi connectivity index (χ2n) is 2.94. The molecular formula is C10H11F3O3. The maximum atomic E-state index is 11.6. The molecule has 3 nitrogen and oxygen atoms in total. The van der Waals surface area contributed by atoms with E-state index in [1.54, 1.807) is 24.3 Å². The van der Waals surface area contributed by atoms with Gasteiger partial charge in [0, 0.05) is 0 Å². The van der Waals surface area contributed by atoms with Gasteiger partial charge in [-0.3, -0.25) is 4.74 Å². The third-order valence-corrected chi connectivity index (χ3v) is 1.72. The molecule has 16 heavy (non-hydrogen) atoms. The summed E-state index contributed by atoms with van der Waals surface area (Å²) in [6, 6.07) is 6.39. The molecule has 1 rings (SSSR count). The molecule has 0 aromatic heterocycles. The van der Waals surface area contributed by atoms with Crippen molar-refractivity contribution in [3.63, 3.8) is 0 Å². The van der Waals surface area contributed by atoms with Crippen molar-refractivity contribution in [1.29, 1.82) is 0 Å². The summed E-state index contributed by atoms with van der Waals surface area (Å²) in [5, 5.41) is 8.75. The molecule has 6 heteroatoms. The highest BCUT2D eigenvalue weighted by Gasteiger charge is 2.28. The van der Waals surface area contributed by atoms with E-state index in [9.17, 15) is 13.2 Å². The van der Waals surface area contributed by atoms with Gasteiger partial charge in [0.1, 0.15) is 12.4 Å². The molecule has 90 valence electrons. The Hall–Kier alpha value is -1.27. The van der Waals surface area contributed by atoms with Gasteiger partial charge in [0.05, 0.1) is 13.2 Å². The van der Waals surface area contributed by atoms with Crippen LogP contribution < -0.4 is 4.74 Å². The zero-order valence-electron chi connectivity index (χ0n) is 8.33. The summed E-state index contributed by atoms with van der Waals surface area (Å²) in [6.45, 7) is -0.819. The van der Waals surface area contributed by atoms with Crippen LogP contribution in [0, 0.1) is 0 Å². The summed E-state index contributed by atoms with van der Waals surface area (Å²) >= 11 is 0. The number of hydrogen-bond donors (Lipinski definition) is 1. The summed E-state index contributed by atoms with van der Waals surface area (Å²) in [6.07, 6.45) is -4.62. The van der Waals surface area contributed by atoms with Crippen LogP contribution >= 0.6 is 0 Å². The number of ether oxygens (including phenoxy) is 2. The van der Waals surface area contributed by atoms with E-state index >= 15 is 0 Å². The second kappa shape index (κ2) is 5.72. The maximum Gasteiger partial charge on any atom is 0.522 e. The van der Waals surface area contributed by atoms with E-state index in [2.05, 4.69) is 4.74 Å². The van der Waals surface area contributed by atoms with Gasteiger partial charge in [0.15, 0.2) is 0 Å². The van der Waals surface area contributed by atoms with E-state index in [1.165, 1.54) is 0 Å². The lowest BCUT2D eigenvalue weighted by Gasteiger charge is -2.09. The van der Waals surface area contributed by atoms with Crippen LogP contribution in [0.1, 0.15) is 5.56 Å². The molecule has 1 aromatic rings. The highest BCUT2D eigenvalue weighted by molar-refractivity contribution is 5.26. The van der Waals surface area contributed by atoms with E-state index in [0.29, 0.717) is 11.3 Å². The quantitative estimate of drug-likeness (QED) is 0.795. The lowest BCUT2D eigenvalue weighted by atomic mass is 10.2. The van der Waals surface area contributed by atoms with E-state index in [4.69, 9.17) is 9.84 Å². The summed E-state index contributed by atoms with van der Waals surface area (Å²) in [5.41, 5.74) is 0.707. The van der Waals surface area contributed by atoms with Gasteiger partial charge in [0.25, 0.3) is 0 Å². The number of aliphatic hydroxyl groups excluding tert-OH is 1. The van der Waals surface area contributed by atoms with E-state index in [0.717, 1.165) is 0 Å². The fraction of sp³-hybridized carbons (Fsp3) is 0.400. The fourth-order valence-electron chi connectivity index (χ4n) is 1.01. The molecule has 0 saturated heterocycles. The molecule has 0 radical (unpaired) electrons. The van der Waals surface area contributed by atoms with Crippen molar-refractivity contribution in [2.45, 2.75) is 13.0 Å². The molecule has 1 N–H and O–H groups in total. The van der Waals surface area contributed by atoms with Crippen molar-refractivity contribution in [1.82, 2.24) is 0 Å². The fourth-order valence-corrected chi connectivity index (χ4v) is 1.01. The number of benzene rings is 1. The third-order valence-electron chi connectivity index (χ3n) is 1.72. The lowest BCUT2D eigenvalue weighted by Crippen LogP contribution is -2.18. The SMILES string of the molecule is OCc1ccc(OCCOC(F)(F)F)cc1. The zero-order chi connectivity index (χ0) is 12.0. The molecule has 0 unspecified atom stereocenters. The minimum Gasteiger partial charge on any atom is -0.491 e. The second-order valence-corrected chi connectivity index (χ2v) is 2.94. The Morgan fingerprint density at radius 1 is 1.06 bits per heavy atom. The predicted octanol–water partition coefficient (Wildman–Crippen LogP) is 2.09. The summed E-state index contributed by atoms with van der Waals surface area (Å²) < 4.78 is 43.2. The average Bonchev–Trinajstić information content (AvgIpc) is 2.24. The molecule has 0 bridgehead atoms. The van der Waals surface area contributed by atoms with Gasteiger partial charge in [-0.1, -0.05) is 12.1 Å². The molecule has 0 aliphatic carbocycles. The molecule has 0 fully saturated rings. The Morgan fingerprint density at radius 3 is 2.19 bits per heavy atom.